The van der Waals surface area contributed by atoms with E-state index in [0.29, 0.717) is 17.9 Å². The number of carbonyl (C=O) groups excluding carboxylic acids is 2. The highest BCUT2D eigenvalue weighted by Gasteiger charge is 2.26. The van der Waals surface area contributed by atoms with Gasteiger partial charge in [0.2, 0.25) is 5.91 Å². The number of hydrogen-bond acceptors (Lipinski definition) is 4. The van der Waals surface area contributed by atoms with E-state index in [2.05, 4.69) is 18.8 Å². The van der Waals surface area contributed by atoms with Crippen LogP contribution in [0.4, 0.5) is 0 Å². The van der Waals surface area contributed by atoms with Crippen LogP contribution in [0.1, 0.15) is 63.1 Å². The van der Waals surface area contributed by atoms with Crippen molar-refractivity contribution in [1.29, 1.82) is 0 Å². The maximum Gasteiger partial charge on any atom is 0.223 e. The number of amides is 1. The number of thiazole rings is 1. The van der Waals surface area contributed by atoms with E-state index in [-0.39, 0.29) is 18.1 Å². The zero-order chi connectivity index (χ0) is 18.7. The molecule has 1 aliphatic rings. The highest BCUT2D eigenvalue weighted by molar-refractivity contribution is 7.11. The molecule has 2 heterocycles. The number of piperidine rings is 1. The van der Waals surface area contributed by atoms with Crippen molar-refractivity contribution in [2.75, 3.05) is 13.1 Å². The number of ketones is 1. The van der Waals surface area contributed by atoms with Gasteiger partial charge in [-0.3, -0.25) is 9.59 Å². The number of benzene rings is 1. The van der Waals surface area contributed by atoms with E-state index in [1.54, 1.807) is 11.3 Å². The summed E-state index contributed by atoms with van der Waals surface area (Å²) in [5.74, 6) is 0.600. The molecule has 1 aromatic carbocycles. The summed E-state index contributed by atoms with van der Waals surface area (Å²) in [4.78, 5) is 32.6. The van der Waals surface area contributed by atoms with Crippen molar-refractivity contribution in [3.05, 3.63) is 51.0 Å². The fourth-order valence-corrected chi connectivity index (χ4v) is 4.40. The van der Waals surface area contributed by atoms with Gasteiger partial charge in [0, 0.05) is 42.3 Å². The molecule has 1 fully saturated rings. The summed E-state index contributed by atoms with van der Waals surface area (Å²) in [5, 5.41) is 1.21. The zero-order valence-corrected chi connectivity index (χ0v) is 16.6. The third-order valence-electron chi connectivity index (χ3n) is 5.18. The molecule has 3 rings (SSSR count). The first-order valence-corrected chi connectivity index (χ1v) is 10.1. The van der Waals surface area contributed by atoms with Gasteiger partial charge in [0.25, 0.3) is 0 Å². The maximum atomic E-state index is 12.5. The van der Waals surface area contributed by atoms with Gasteiger partial charge in [-0.15, -0.1) is 11.3 Å². The van der Waals surface area contributed by atoms with E-state index in [9.17, 15) is 9.59 Å². The van der Waals surface area contributed by atoms with Gasteiger partial charge >= 0.3 is 0 Å². The number of Topliss-reactive ketones (excluding diaryl/α,β-unsaturated/α-hetero) is 1. The van der Waals surface area contributed by atoms with Gasteiger partial charge in [-0.25, -0.2) is 4.98 Å². The Morgan fingerprint density at radius 1 is 1.08 bits per heavy atom. The van der Waals surface area contributed by atoms with E-state index >= 15 is 0 Å². The molecule has 0 N–H and O–H groups in total. The van der Waals surface area contributed by atoms with Crippen molar-refractivity contribution in [2.24, 2.45) is 0 Å². The topological polar surface area (TPSA) is 50.3 Å². The standard InChI is InChI=1S/C21H26N2O2S/c1-14-4-6-17(7-5-14)19(24)8-9-20(25)23-12-10-18(11-13-23)21-22-15(2)16(3)26-21/h4-7,18H,8-13H2,1-3H3. The lowest BCUT2D eigenvalue weighted by atomic mass is 9.97. The molecule has 0 saturated carbocycles. The van der Waals surface area contributed by atoms with Crippen molar-refractivity contribution >= 4 is 23.0 Å². The minimum Gasteiger partial charge on any atom is -0.343 e. The van der Waals surface area contributed by atoms with E-state index in [4.69, 9.17) is 0 Å². The Hall–Kier alpha value is -2.01. The van der Waals surface area contributed by atoms with Gasteiger partial charge < -0.3 is 4.90 Å². The average Bonchev–Trinajstić information content (AvgIpc) is 2.99. The Morgan fingerprint density at radius 2 is 1.73 bits per heavy atom. The lowest BCUT2D eigenvalue weighted by Gasteiger charge is -2.31. The number of likely N-dealkylation sites (tertiary alicyclic amines) is 1. The highest BCUT2D eigenvalue weighted by atomic mass is 32.1. The maximum absolute atomic E-state index is 12.5. The number of aromatic nitrogens is 1. The number of aryl methyl sites for hydroxylation is 3. The van der Waals surface area contributed by atoms with Crippen molar-refractivity contribution in [2.45, 2.75) is 52.4 Å². The quantitative estimate of drug-likeness (QED) is 0.731. The molecule has 0 radical (unpaired) electrons. The van der Waals surface area contributed by atoms with Crippen LogP contribution in [0.15, 0.2) is 24.3 Å². The number of rotatable bonds is 5. The Balaban J connectivity index is 1.47. The predicted octanol–water partition coefficient (Wildman–Crippen LogP) is 4.44. The first-order valence-electron chi connectivity index (χ1n) is 9.25. The van der Waals surface area contributed by atoms with E-state index in [0.717, 1.165) is 37.2 Å². The number of nitrogens with zero attached hydrogens (tertiary/aromatic N) is 2. The predicted molar refractivity (Wildman–Crippen MR) is 105 cm³/mol. The molecule has 1 amide bonds. The van der Waals surface area contributed by atoms with Crippen molar-refractivity contribution in [3.63, 3.8) is 0 Å². The lowest BCUT2D eigenvalue weighted by Crippen LogP contribution is -2.38. The van der Waals surface area contributed by atoms with Crippen LogP contribution >= 0.6 is 11.3 Å². The van der Waals surface area contributed by atoms with E-state index in [1.165, 1.54) is 9.88 Å². The Labute approximate surface area is 159 Å². The Kier molecular flexibility index (Phi) is 5.87. The van der Waals surface area contributed by atoms with Crippen molar-refractivity contribution in [3.8, 4) is 0 Å². The third kappa shape index (κ3) is 4.39. The van der Waals surface area contributed by atoms with Crippen molar-refractivity contribution in [1.82, 2.24) is 9.88 Å². The van der Waals surface area contributed by atoms with Gasteiger partial charge in [-0.05, 0) is 33.6 Å². The molecule has 4 nitrogen and oxygen atoms in total. The summed E-state index contributed by atoms with van der Waals surface area (Å²) in [6.45, 7) is 7.69. The molecular weight excluding hydrogens is 344 g/mol. The molecule has 0 spiro atoms. The Morgan fingerprint density at radius 3 is 2.31 bits per heavy atom. The van der Waals surface area contributed by atoms with Crippen LogP contribution in [0.3, 0.4) is 0 Å². The minimum atomic E-state index is 0.0435. The molecule has 26 heavy (non-hydrogen) atoms. The molecule has 0 atom stereocenters. The van der Waals surface area contributed by atoms with Gasteiger partial charge in [0.15, 0.2) is 5.78 Å². The SMILES string of the molecule is Cc1ccc(C(=O)CCC(=O)N2CCC(c3nc(C)c(C)s3)CC2)cc1. The van der Waals surface area contributed by atoms with Crippen molar-refractivity contribution < 1.29 is 9.59 Å². The molecule has 0 aliphatic carbocycles. The van der Waals surface area contributed by atoms with Crippen LogP contribution in [-0.4, -0.2) is 34.7 Å². The molecular formula is C21H26N2O2S. The third-order valence-corrected chi connectivity index (χ3v) is 6.42. The molecule has 0 unspecified atom stereocenters. The second kappa shape index (κ2) is 8.12. The largest absolute Gasteiger partial charge is 0.343 e. The summed E-state index contributed by atoms with van der Waals surface area (Å²) in [5.41, 5.74) is 2.95. The fourth-order valence-electron chi connectivity index (χ4n) is 3.31. The highest BCUT2D eigenvalue weighted by Crippen LogP contribution is 2.32. The molecule has 1 aliphatic heterocycles. The van der Waals surface area contributed by atoms with Crippen LogP contribution in [-0.2, 0) is 4.79 Å². The monoisotopic (exact) mass is 370 g/mol. The summed E-state index contributed by atoms with van der Waals surface area (Å²) in [6.07, 6.45) is 2.51. The van der Waals surface area contributed by atoms with Gasteiger partial charge in [-0.1, -0.05) is 29.8 Å². The summed E-state index contributed by atoms with van der Waals surface area (Å²) < 4.78 is 0. The van der Waals surface area contributed by atoms with Crippen LogP contribution < -0.4 is 0 Å². The summed E-state index contributed by atoms with van der Waals surface area (Å²) >= 11 is 1.78. The fraction of sp³-hybridized carbons (Fsp3) is 0.476. The molecule has 2 aromatic rings. The molecule has 1 aromatic heterocycles. The lowest BCUT2D eigenvalue weighted by molar-refractivity contribution is -0.132. The van der Waals surface area contributed by atoms with Gasteiger partial charge in [-0.2, -0.15) is 0 Å². The first-order chi connectivity index (χ1) is 12.4. The van der Waals surface area contributed by atoms with Crippen LogP contribution in [0.5, 0.6) is 0 Å². The van der Waals surface area contributed by atoms with E-state index in [1.807, 2.05) is 36.1 Å². The number of carbonyl (C=O) groups is 2. The van der Waals surface area contributed by atoms with Gasteiger partial charge in [0.05, 0.1) is 10.7 Å². The average molecular weight is 371 g/mol. The molecule has 138 valence electrons. The second-order valence-electron chi connectivity index (χ2n) is 7.14. The minimum absolute atomic E-state index is 0.0435. The van der Waals surface area contributed by atoms with Crippen LogP contribution in [0.2, 0.25) is 0 Å². The second-order valence-corrected chi connectivity index (χ2v) is 8.37. The smallest absolute Gasteiger partial charge is 0.223 e. The number of hydrogen-bond donors (Lipinski definition) is 0. The Bertz CT molecular complexity index is 767. The molecule has 0 bridgehead atoms. The van der Waals surface area contributed by atoms with Crippen LogP contribution in [0, 0.1) is 20.8 Å². The van der Waals surface area contributed by atoms with E-state index < -0.39 is 0 Å². The normalized spacial score (nSPS) is 15.3. The zero-order valence-electron chi connectivity index (χ0n) is 15.7. The van der Waals surface area contributed by atoms with Gasteiger partial charge in [0.1, 0.15) is 0 Å². The summed E-state index contributed by atoms with van der Waals surface area (Å²) in [7, 11) is 0. The molecule has 5 heteroatoms. The first kappa shape index (κ1) is 18.8. The molecule has 1 saturated heterocycles. The summed E-state index contributed by atoms with van der Waals surface area (Å²) in [6, 6.07) is 7.54. The van der Waals surface area contributed by atoms with Crippen LogP contribution in [0.25, 0.3) is 0 Å².